The number of benzene rings is 2. The van der Waals surface area contributed by atoms with Crippen molar-refractivity contribution in [2.75, 3.05) is 26.9 Å². The summed E-state index contributed by atoms with van der Waals surface area (Å²) in [6.45, 7) is 6.36. The summed E-state index contributed by atoms with van der Waals surface area (Å²) < 4.78 is 16.7. The van der Waals surface area contributed by atoms with Crippen LogP contribution in [0.1, 0.15) is 45.7 Å². The van der Waals surface area contributed by atoms with E-state index in [-0.39, 0.29) is 11.3 Å². The van der Waals surface area contributed by atoms with E-state index in [0.29, 0.717) is 42.9 Å². The maximum atomic E-state index is 13.5. The summed E-state index contributed by atoms with van der Waals surface area (Å²) in [7, 11) is 0.690. The average Bonchev–Trinajstić information content (AvgIpc) is 2.77. The molecule has 2 aliphatic heterocycles. The maximum absolute atomic E-state index is 13.5. The van der Waals surface area contributed by atoms with Crippen LogP contribution in [0.25, 0.3) is 0 Å². The van der Waals surface area contributed by atoms with Gasteiger partial charge in [0.25, 0.3) is 5.91 Å². The van der Waals surface area contributed by atoms with Crippen LogP contribution in [0, 0.1) is 5.41 Å². The molecule has 0 N–H and O–H groups in total. The van der Waals surface area contributed by atoms with Crippen molar-refractivity contribution in [3.63, 3.8) is 0 Å². The number of ether oxygens (including phenoxy) is 1. The number of methoxy groups -OCH3 is 1. The van der Waals surface area contributed by atoms with Crippen LogP contribution < -0.4 is 5.46 Å². The molecule has 1 saturated heterocycles. The van der Waals surface area contributed by atoms with Crippen LogP contribution in [0.15, 0.2) is 42.5 Å². The van der Waals surface area contributed by atoms with Gasteiger partial charge in [0.1, 0.15) is 0 Å². The number of esters is 1. The SMILES string of the molecule is COC(=O)c1ccc(B2OCC(C)(C)CO2)c(C(=O)N2CCc3ccccc3C2)c1. The van der Waals surface area contributed by atoms with Gasteiger partial charge < -0.3 is 18.9 Å². The summed E-state index contributed by atoms with van der Waals surface area (Å²) in [5.74, 6) is -0.617. The van der Waals surface area contributed by atoms with Crippen molar-refractivity contribution in [2.45, 2.75) is 26.8 Å². The average molecular weight is 407 g/mol. The first-order valence-electron chi connectivity index (χ1n) is 10.2. The van der Waals surface area contributed by atoms with E-state index in [2.05, 4.69) is 26.0 Å². The highest BCUT2D eigenvalue weighted by molar-refractivity contribution is 6.63. The van der Waals surface area contributed by atoms with Crippen LogP contribution in [0.3, 0.4) is 0 Å². The van der Waals surface area contributed by atoms with Crippen LogP contribution in [0.2, 0.25) is 0 Å². The first kappa shape index (κ1) is 20.6. The molecule has 0 aliphatic carbocycles. The van der Waals surface area contributed by atoms with Crippen LogP contribution >= 0.6 is 0 Å². The molecule has 7 heteroatoms. The zero-order valence-corrected chi connectivity index (χ0v) is 17.6. The molecule has 156 valence electrons. The molecule has 0 spiro atoms. The summed E-state index contributed by atoms with van der Waals surface area (Å²) in [5.41, 5.74) is 3.73. The Morgan fingerprint density at radius 2 is 1.77 bits per heavy atom. The van der Waals surface area contributed by atoms with Crippen molar-refractivity contribution in [1.29, 1.82) is 0 Å². The van der Waals surface area contributed by atoms with Gasteiger partial charge in [-0.05, 0) is 35.1 Å². The molecule has 0 saturated carbocycles. The van der Waals surface area contributed by atoms with Crippen molar-refractivity contribution in [3.05, 3.63) is 64.7 Å². The van der Waals surface area contributed by atoms with Gasteiger partial charge in [0.15, 0.2) is 0 Å². The fourth-order valence-corrected chi connectivity index (χ4v) is 3.90. The van der Waals surface area contributed by atoms with Gasteiger partial charge in [-0.3, -0.25) is 4.79 Å². The summed E-state index contributed by atoms with van der Waals surface area (Å²) in [4.78, 5) is 27.4. The molecule has 2 aliphatic rings. The predicted molar refractivity (Wildman–Crippen MR) is 114 cm³/mol. The van der Waals surface area contributed by atoms with Gasteiger partial charge in [-0.1, -0.05) is 44.2 Å². The Morgan fingerprint density at radius 1 is 1.07 bits per heavy atom. The number of carbonyl (C=O) groups is 2. The number of fused-ring (bicyclic) bond motifs is 1. The van der Waals surface area contributed by atoms with Crippen LogP contribution in [0.5, 0.6) is 0 Å². The Bertz CT molecular complexity index is 964. The topological polar surface area (TPSA) is 65.1 Å². The zero-order chi connectivity index (χ0) is 21.3. The number of nitrogens with zero attached hydrogens (tertiary/aromatic N) is 1. The lowest BCUT2D eigenvalue weighted by atomic mass is 9.72. The van der Waals surface area contributed by atoms with Gasteiger partial charge in [0.05, 0.1) is 12.7 Å². The Hall–Kier alpha value is -2.64. The van der Waals surface area contributed by atoms with E-state index in [1.165, 1.54) is 12.7 Å². The third-order valence-electron chi connectivity index (χ3n) is 5.63. The van der Waals surface area contributed by atoms with Gasteiger partial charge in [-0.2, -0.15) is 0 Å². The summed E-state index contributed by atoms with van der Waals surface area (Å²) in [6, 6.07) is 13.1. The summed E-state index contributed by atoms with van der Waals surface area (Å²) in [5, 5.41) is 0. The normalized spacial score (nSPS) is 18.0. The monoisotopic (exact) mass is 407 g/mol. The van der Waals surface area contributed by atoms with E-state index in [1.807, 2.05) is 17.0 Å². The molecule has 4 rings (SSSR count). The van der Waals surface area contributed by atoms with Crippen LogP contribution in [-0.2, 0) is 27.0 Å². The first-order valence-corrected chi connectivity index (χ1v) is 10.2. The van der Waals surface area contributed by atoms with Crippen molar-refractivity contribution in [1.82, 2.24) is 4.90 Å². The van der Waals surface area contributed by atoms with E-state index in [4.69, 9.17) is 14.0 Å². The minimum absolute atomic E-state index is 0.0801. The molecule has 2 heterocycles. The second-order valence-corrected chi connectivity index (χ2v) is 8.66. The van der Waals surface area contributed by atoms with Crippen LogP contribution in [-0.4, -0.2) is 50.8 Å². The first-order chi connectivity index (χ1) is 14.4. The minimum atomic E-state index is -0.638. The van der Waals surface area contributed by atoms with E-state index >= 15 is 0 Å². The molecular weight excluding hydrogens is 381 g/mol. The number of rotatable bonds is 3. The lowest BCUT2D eigenvalue weighted by molar-refractivity contribution is 0.0341. The number of carbonyl (C=O) groups excluding carboxylic acids is 2. The maximum Gasteiger partial charge on any atom is 0.494 e. The van der Waals surface area contributed by atoms with Crippen LogP contribution in [0.4, 0.5) is 0 Å². The molecule has 1 fully saturated rings. The molecule has 6 nitrogen and oxygen atoms in total. The lowest BCUT2D eigenvalue weighted by Gasteiger charge is -2.34. The second-order valence-electron chi connectivity index (χ2n) is 8.66. The Labute approximate surface area is 177 Å². The molecule has 2 aromatic carbocycles. The fraction of sp³-hybridized carbons (Fsp3) is 0.391. The van der Waals surface area contributed by atoms with E-state index in [1.54, 1.807) is 18.2 Å². The van der Waals surface area contributed by atoms with E-state index in [9.17, 15) is 9.59 Å². The smallest absolute Gasteiger partial charge is 0.465 e. The molecule has 30 heavy (non-hydrogen) atoms. The third-order valence-corrected chi connectivity index (χ3v) is 5.63. The highest BCUT2D eigenvalue weighted by atomic mass is 16.6. The number of amides is 1. The highest BCUT2D eigenvalue weighted by Crippen LogP contribution is 2.24. The lowest BCUT2D eigenvalue weighted by Crippen LogP contribution is -2.50. The Morgan fingerprint density at radius 3 is 2.47 bits per heavy atom. The van der Waals surface area contributed by atoms with Gasteiger partial charge in [-0.15, -0.1) is 0 Å². The predicted octanol–water partition coefficient (Wildman–Crippen LogP) is 2.44. The van der Waals surface area contributed by atoms with Crippen molar-refractivity contribution in [3.8, 4) is 0 Å². The molecule has 0 aromatic heterocycles. The quantitative estimate of drug-likeness (QED) is 0.578. The minimum Gasteiger partial charge on any atom is -0.465 e. The molecule has 0 unspecified atom stereocenters. The zero-order valence-electron chi connectivity index (χ0n) is 17.6. The van der Waals surface area contributed by atoms with E-state index < -0.39 is 13.1 Å². The standard InChI is InChI=1S/C23H26BNO5/c1-23(2)14-29-24(30-15-23)20-9-8-17(22(27)28-3)12-19(20)21(26)25-11-10-16-6-4-5-7-18(16)13-25/h4-9,12H,10-11,13-15H2,1-3H3. The highest BCUT2D eigenvalue weighted by Gasteiger charge is 2.37. The summed E-state index contributed by atoms with van der Waals surface area (Å²) in [6.07, 6.45) is 0.804. The van der Waals surface area contributed by atoms with Gasteiger partial charge >= 0.3 is 13.1 Å². The van der Waals surface area contributed by atoms with Gasteiger partial charge in [-0.25, -0.2) is 4.79 Å². The number of hydrogen-bond donors (Lipinski definition) is 0. The molecule has 0 radical (unpaired) electrons. The molecular formula is C23H26BNO5. The third kappa shape index (κ3) is 4.13. The molecule has 0 atom stereocenters. The van der Waals surface area contributed by atoms with Crippen molar-refractivity contribution < 1.29 is 23.6 Å². The Balaban J connectivity index is 1.66. The largest absolute Gasteiger partial charge is 0.494 e. The Kier molecular flexibility index (Phi) is 5.67. The fourth-order valence-electron chi connectivity index (χ4n) is 3.90. The van der Waals surface area contributed by atoms with Crippen molar-refractivity contribution >= 4 is 24.5 Å². The van der Waals surface area contributed by atoms with E-state index in [0.717, 1.165) is 12.0 Å². The molecule has 2 aromatic rings. The molecule has 1 amide bonds. The van der Waals surface area contributed by atoms with Gasteiger partial charge in [0.2, 0.25) is 0 Å². The van der Waals surface area contributed by atoms with Gasteiger partial charge in [0, 0.05) is 37.3 Å². The second kappa shape index (κ2) is 8.24. The van der Waals surface area contributed by atoms with Crippen molar-refractivity contribution in [2.24, 2.45) is 5.41 Å². The summed E-state index contributed by atoms with van der Waals surface area (Å²) >= 11 is 0. The number of hydrogen-bond acceptors (Lipinski definition) is 5. The molecule has 0 bridgehead atoms.